The number of nitrogens with two attached hydrogens (primary N) is 1. The van der Waals surface area contributed by atoms with Crippen LogP contribution >= 0.6 is 0 Å². The van der Waals surface area contributed by atoms with Crippen molar-refractivity contribution in [3.8, 4) is 11.5 Å². The van der Waals surface area contributed by atoms with Crippen molar-refractivity contribution >= 4 is 5.69 Å². The van der Waals surface area contributed by atoms with Gasteiger partial charge in [-0.2, -0.15) is 0 Å². The Hall–Kier alpha value is -1.42. The second kappa shape index (κ2) is 5.29. The Kier molecular flexibility index (Phi) is 3.90. The van der Waals surface area contributed by atoms with Gasteiger partial charge in [0.2, 0.25) is 0 Å². The standard InChI is InChI=1S/C15H24N2O2/c1-11-7-13-14(19-6-5-18-13)8-12(11)17(4)10-15(2,3)9-16/h7-8H,5-6,9-10,16H2,1-4H3. The average molecular weight is 264 g/mol. The summed E-state index contributed by atoms with van der Waals surface area (Å²) in [4.78, 5) is 2.24. The highest BCUT2D eigenvalue weighted by molar-refractivity contribution is 5.61. The summed E-state index contributed by atoms with van der Waals surface area (Å²) in [5.41, 5.74) is 8.27. The quantitative estimate of drug-likeness (QED) is 0.905. The first-order valence-electron chi connectivity index (χ1n) is 6.74. The molecular formula is C15H24N2O2. The van der Waals surface area contributed by atoms with Crippen molar-refractivity contribution in [2.45, 2.75) is 20.8 Å². The van der Waals surface area contributed by atoms with Gasteiger partial charge in [0.25, 0.3) is 0 Å². The molecule has 2 N–H and O–H groups in total. The summed E-state index contributed by atoms with van der Waals surface area (Å²) in [6, 6.07) is 4.12. The second-order valence-electron chi connectivity index (χ2n) is 6.01. The molecule has 19 heavy (non-hydrogen) atoms. The van der Waals surface area contributed by atoms with E-state index in [4.69, 9.17) is 15.2 Å². The number of fused-ring (bicyclic) bond motifs is 1. The van der Waals surface area contributed by atoms with Gasteiger partial charge >= 0.3 is 0 Å². The van der Waals surface area contributed by atoms with Crippen LogP contribution in [0, 0.1) is 12.3 Å². The molecular weight excluding hydrogens is 240 g/mol. The van der Waals surface area contributed by atoms with Crippen molar-refractivity contribution in [2.24, 2.45) is 11.1 Å². The molecule has 0 saturated carbocycles. The Bertz CT molecular complexity index is 458. The first-order valence-corrected chi connectivity index (χ1v) is 6.74. The molecule has 1 aromatic rings. The number of benzene rings is 1. The molecule has 0 amide bonds. The minimum absolute atomic E-state index is 0.0917. The van der Waals surface area contributed by atoms with Crippen LogP contribution in [0.2, 0.25) is 0 Å². The highest BCUT2D eigenvalue weighted by Gasteiger charge is 2.21. The van der Waals surface area contributed by atoms with E-state index >= 15 is 0 Å². The van der Waals surface area contributed by atoms with Crippen molar-refractivity contribution in [3.05, 3.63) is 17.7 Å². The zero-order chi connectivity index (χ0) is 14.0. The number of rotatable bonds is 4. The molecule has 4 nitrogen and oxygen atoms in total. The summed E-state index contributed by atoms with van der Waals surface area (Å²) >= 11 is 0. The van der Waals surface area contributed by atoms with Crippen LogP contribution < -0.4 is 20.1 Å². The van der Waals surface area contributed by atoms with Crippen LogP contribution in [-0.4, -0.2) is 33.4 Å². The van der Waals surface area contributed by atoms with Gasteiger partial charge in [0.05, 0.1) is 0 Å². The van der Waals surface area contributed by atoms with E-state index in [1.54, 1.807) is 0 Å². The van der Waals surface area contributed by atoms with Crippen LogP contribution in [-0.2, 0) is 0 Å². The van der Waals surface area contributed by atoms with Gasteiger partial charge in [0.1, 0.15) is 13.2 Å². The summed E-state index contributed by atoms with van der Waals surface area (Å²) in [6.07, 6.45) is 0. The highest BCUT2D eigenvalue weighted by Crippen LogP contribution is 2.37. The Balaban J connectivity index is 2.24. The van der Waals surface area contributed by atoms with E-state index in [1.807, 2.05) is 0 Å². The van der Waals surface area contributed by atoms with Crippen molar-refractivity contribution in [1.29, 1.82) is 0 Å². The third-order valence-corrected chi connectivity index (χ3v) is 3.49. The first-order chi connectivity index (χ1) is 8.93. The number of hydrogen-bond acceptors (Lipinski definition) is 4. The van der Waals surface area contributed by atoms with Gasteiger partial charge in [-0.05, 0) is 30.5 Å². The van der Waals surface area contributed by atoms with E-state index in [-0.39, 0.29) is 5.41 Å². The fraction of sp³-hybridized carbons (Fsp3) is 0.600. The molecule has 0 fully saturated rings. The van der Waals surface area contributed by atoms with E-state index in [1.165, 1.54) is 11.3 Å². The molecule has 1 aliphatic heterocycles. The zero-order valence-electron chi connectivity index (χ0n) is 12.3. The lowest BCUT2D eigenvalue weighted by molar-refractivity contribution is 0.171. The smallest absolute Gasteiger partial charge is 0.163 e. The molecule has 0 aromatic heterocycles. The Morgan fingerprint density at radius 3 is 2.37 bits per heavy atom. The van der Waals surface area contributed by atoms with Gasteiger partial charge in [-0.1, -0.05) is 13.8 Å². The second-order valence-corrected chi connectivity index (χ2v) is 6.01. The largest absolute Gasteiger partial charge is 0.486 e. The monoisotopic (exact) mass is 264 g/mol. The molecule has 1 aliphatic rings. The zero-order valence-corrected chi connectivity index (χ0v) is 12.3. The lowest BCUT2D eigenvalue weighted by Gasteiger charge is -2.32. The first kappa shape index (κ1) is 14.0. The summed E-state index contributed by atoms with van der Waals surface area (Å²) in [7, 11) is 2.09. The fourth-order valence-electron chi connectivity index (χ4n) is 2.38. The van der Waals surface area contributed by atoms with Crippen molar-refractivity contribution in [3.63, 3.8) is 0 Å². The number of aryl methyl sites for hydroxylation is 1. The molecule has 2 rings (SSSR count). The van der Waals surface area contributed by atoms with Crippen LogP contribution in [0.3, 0.4) is 0 Å². The van der Waals surface area contributed by atoms with Gasteiger partial charge < -0.3 is 20.1 Å². The average Bonchev–Trinajstić information content (AvgIpc) is 2.37. The molecule has 0 aliphatic carbocycles. The molecule has 0 spiro atoms. The maximum absolute atomic E-state index is 5.81. The Morgan fingerprint density at radius 1 is 1.21 bits per heavy atom. The van der Waals surface area contributed by atoms with Crippen LogP contribution in [0.5, 0.6) is 11.5 Å². The molecule has 0 bridgehead atoms. The number of hydrogen-bond donors (Lipinski definition) is 1. The minimum atomic E-state index is 0.0917. The summed E-state index contributed by atoms with van der Waals surface area (Å²) in [6.45, 7) is 9.27. The van der Waals surface area contributed by atoms with Crippen molar-refractivity contribution in [2.75, 3.05) is 38.3 Å². The predicted octanol–water partition coefficient (Wildman–Crippen LogP) is 2.19. The van der Waals surface area contributed by atoms with Gasteiger partial charge in [-0.15, -0.1) is 0 Å². The molecule has 1 heterocycles. The lowest BCUT2D eigenvalue weighted by atomic mass is 9.93. The summed E-state index contributed by atoms with van der Waals surface area (Å²) in [5.74, 6) is 1.68. The molecule has 0 unspecified atom stereocenters. The fourth-order valence-corrected chi connectivity index (χ4v) is 2.38. The highest BCUT2D eigenvalue weighted by atomic mass is 16.6. The van der Waals surface area contributed by atoms with E-state index in [0.29, 0.717) is 19.8 Å². The van der Waals surface area contributed by atoms with Gasteiger partial charge in [0, 0.05) is 25.3 Å². The molecule has 0 radical (unpaired) electrons. The maximum atomic E-state index is 5.81. The number of ether oxygens (including phenoxy) is 2. The minimum Gasteiger partial charge on any atom is -0.486 e. The maximum Gasteiger partial charge on any atom is 0.163 e. The molecule has 0 atom stereocenters. The van der Waals surface area contributed by atoms with Crippen LogP contribution in [0.15, 0.2) is 12.1 Å². The normalized spacial score (nSPS) is 14.4. The third kappa shape index (κ3) is 3.13. The van der Waals surface area contributed by atoms with E-state index in [0.717, 1.165) is 18.0 Å². The van der Waals surface area contributed by atoms with E-state index in [9.17, 15) is 0 Å². The topological polar surface area (TPSA) is 47.7 Å². The summed E-state index contributed by atoms with van der Waals surface area (Å²) in [5, 5.41) is 0. The number of nitrogens with zero attached hydrogens (tertiary/aromatic N) is 1. The molecule has 4 heteroatoms. The van der Waals surface area contributed by atoms with Crippen molar-refractivity contribution < 1.29 is 9.47 Å². The van der Waals surface area contributed by atoms with Crippen LogP contribution in [0.1, 0.15) is 19.4 Å². The van der Waals surface area contributed by atoms with Crippen LogP contribution in [0.4, 0.5) is 5.69 Å². The Labute approximate surface area is 115 Å². The van der Waals surface area contributed by atoms with Crippen LogP contribution in [0.25, 0.3) is 0 Å². The van der Waals surface area contributed by atoms with E-state index in [2.05, 4.69) is 44.9 Å². The third-order valence-electron chi connectivity index (χ3n) is 3.49. The Morgan fingerprint density at radius 2 is 1.79 bits per heavy atom. The predicted molar refractivity (Wildman–Crippen MR) is 78.3 cm³/mol. The summed E-state index contributed by atoms with van der Waals surface area (Å²) < 4.78 is 11.2. The van der Waals surface area contributed by atoms with Gasteiger partial charge in [-0.25, -0.2) is 0 Å². The molecule has 106 valence electrons. The van der Waals surface area contributed by atoms with Crippen molar-refractivity contribution in [1.82, 2.24) is 0 Å². The van der Waals surface area contributed by atoms with Gasteiger partial charge in [-0.3, -0.25) is 0 Å². The SMILES string of the molecule is Cc1cc2c(cc1N(C)CC(C)(C)CN)OCCO2. The van der Waals surface area contributed by atoms with E-state index < -0.39 is 0 Å². The lowest BCUT2D eigenvalue weighted by Crippen LogP contribution is -2.37. The molecule has 0 saturated heterocycles. The molecule has 1 aromatic carbocycles. The number of anilines is 1. The van der Waals surface area contributed by atoms with Gasteiger partial charge in [0.15, 0.2) is 11.5 Å².